The van der Waals surface area contributed by atoms with E-state index in [4.69, 9.17) is 13.9 Å². The number of hydrogen-bond donors (Lipinski definition) is 1. The molecular formula is C27H25NO4S. The molecule has 0 aliphatic carbocycles. The molecule has 2 aromatic carbocycles. The molecule has 0 aliphatic heterocycles. The molecular weight excluding hydrogens is 434 g/mol. The first-order valence-electron chi connectivity index (χ1n) is 10.8. The van der Waals surface area contributed by atoms with Crippen LogP contribution in [0, 0.1) is 0 Å². The molecule has 0 aliphatic rings. The standard InChI is InChI=1S/C27H25NO4S/c1-27(2,3)32-17-9-7-16(8-10-17)14-20-26-23(24(28-20)22-6-5-13-33-22)25(29)19-15-18(30-4)11-12-21(19)31-26/h5-13,15,28H,14H2,1-4H3. The Labute approximate surface area is 195 Å². The van der Waals surface area contributed by atoms with Crippen LogP contribution in [-0.2, 0) is 6.42 Å². The van der Waals surface area contributed by atoms with Crippen LogP contribution < -0.4 is 14.9 Å². The van der Waals surface area contributed by atoms with Crippen LogP contribution in [-0.4, -0.2) is 17.7 Å². The summed E-state index contributed by atoms with van der Waals surface area (Å²) in [7, 11) is 1.59. The van der Waals surface area contributed by atoms with Crippen molar-refractivity contribution in [2.45, 2.75) is 32.8 Å². The van der Waals surface area contributed by atoms with Crippen LogP contribution in [0.3, 0.4) is 0 Å². The topological polar surface area (TPSA) is 64.5 Å². The van der Waals surface area contributed by atoms with E-state index >= 15 is 0 Å². The maximum absolute atomic E-state index is 13.6. The Morgan fingerprint density at radius 1 is 1.03 bits per heavy atom. The van der Waals surface area contributed by atoms with E-state index in [0.29, 0.717) is 34.1 Å². The van der Waals surface area contributed by atoms with Crippen LogP contribution in [0.1, 0.15) is 32.0 Å². The molecule has 5 nitrogen and oxygen atoms in total. The highest BCUT2D eigenvalue weighted by molar-refractivity contribution is 7.13. The number of benzene rings is 2. The highest BCUT2D eigenvalue weighted by Crippen LogP contribution is 2.35. The summed E-state index contributed by atoms with van der Waals surface area (Å²) in [5.74, 6) is 1.45. The zero-order chi connectivity index (χ0) is 23.2. The van der Waals surface area contributed by atoms with Gasteiger partial charge in [-0.15, -0.1) is 11.3 Å². The summed E-state index contributed by atoms with van der Waals surface area (Å²) < 4.78 is 17.5. The summed E-state index contributed by atoms with van der Waals surface area (Å²) in [5.41, 5.74) is 3.57. The molecule has 33 heavy (non-hydrogen) atoms. The van der Waals surface area contributed by atoms with Crippen molar-refractivity contribution >= 4 is 33.3 Å². The highest BCUT2D eigenvalue weighted by Gasteiger charge is 2.21. The number of thiophene rings is 1. The summed E-state index contributed by atoms with van der Waals surface area (Å²) in [6.45, 7) is 6.08. The van der Waals surface area contributed by atoms with Gasteiger partial charge in [-0.3, -0.25) is 4.79 Å². The lowest BCUT2D eigenvalue weighted by atomic mass is 10.1. The monoisotopic (exact) mass is 459 g/mol. The smallest absolute Gasteiger partial charge is 0.202 e. The Morgan fingerprint density at radius 3 is 2.45 bits per heavy atom. The second-order valence-electron chi connectivity index (χ2n) is 8.99. The summed E-state index contributed by atoms with van der Waals surface area (Å²) in [4.78, 5) is 18.1. The minimum atomic E-state index is -0.250. The molecule has 0 fully saturated rings. The van der Waals surface area contributed by atoms with E-state index in [1.54, 1.807) is 36.6 Å². The van der Waals surface area contributed by atoms with Crippen molar-refractivity contribution in [3.63, 3.8) is 0 Å². The minimum Gasteiger partial charge on any atom is -0.497 e. The van der Waals surface area contributed by atoms with Crippen LogP contribution in [0.5, 0.6) is 11.5 Å². The number of nitrogens with one attached hydrogen (secondary N) is 1. The van der Waals surface area contributed by atoms with Crippen molar-refractivity contribution in [3.8, 4) is 22.1 Å². The van der Waals surface area contributed by atoms with E-state index in [0.717, 1.165) is 27.6 Å². The predicted octanol–water partition coefficient (Wildman–Crippen LogP) is 6.78. The summed E-state index contributed by atoms with van der Waals surface area (Å²) in [6, 6.07) is 17.4. The third-order valence-corrected chi connectivity index (χ3v) is 6.28. The van der Waals surface area contributed by atoms with Gasteiger partial charge in [0, 0.05) is 6.42 Å². The second-order valence-corrected chi connectivity index (χ2v) is 9.94. The quantitative estimate of drug-likeness (QED) is 0.315. The Morgan fingerprint density at radius 2 is 1.79 bits per heavy atom. The first kappa shape index (κ1) is 21.3. The van der Waals surface area contributed by atoms with Gasteiger partial charge in [-0.05, 0) is 68.1 Å². The molecule has 3 heterocycles. The van der Waals surface area contributed by atoms with Crippen molar-refractivity contribution in [1.29, 1.82) is 0 Å². The molecule has 0 bridgehead atoms. The molecule has 0 atom stereocenters. The van der Waals surface area contributed by atoms with Crippen molar-refractivity contribution in [3.05, 3.63) is 81.5 Å². The molecule has 6 heteroatoms. The van der Waals surface area contributed by atoms with Crippen molar-refractivity contribution in [2.24, 2.45) is 0 Å². The van der Waals surface area contributed by atoms with Crippen molar-refractivity contribution in [1.82, 2.24) is 4.98 Å². The fraction of sp³-hybridized carbons (Fsp3) is 0.222. The van der Waals surface area contributed by atoms with Gasteiger partial charge in [-0.1, -0.05) is 18.2 Å². The Kier molecular flexibility index (Phi) is 5.25. The molecule has 5 rings (SSSR count). The minimum absolute atomic E-state index is 0.0648. The van der Waals surface area contributed by atoms with E-state index in [1.165, 1.54) is 0 Å². The molecule has 1 N–H and O–H groups in total. The lowest BCUT2D eigenvalue weighted by Gasteiger charge is -2.21. The first-order chi connectivity index (χ1) is 15.8. The SMILES string of the molecule is COc1ccc2oc3c(Cc4ccc(OC(C)(C)C)cc4)[nH]c(-c4cccs4)c3c(=O)c2c1. The van der Waals surface area contributed by atoms with E-state index in [2.05, 4.69) is 4.98 Å². The number of hydrogen-bond acceptors (Lipinski definition) is 5. The van der Waals surface area contributed by atoms with Gasteiger partial charge in [-0.25, -0.2) is 0 Å². The van der Waals surface area contributed by atoms with Crippen LogP contribution >= 0.6 is 11.3 Å². The predicted molar refractivity (Wildman–Crippen MR) is 134 cm³/mol. The van der Waals surface area contributed by atoms with Crippen LogP contribution in [0.25, 0.3) is 32.5 Å². The van der Waals surface area contributed by atoms with Gasteiger partial charge in [0.15, 0.2) is 5.58 Å². The first-order valence-corrected chi connectivity index (χ1v) is 11.7. The second kappa shape index (κ2) is 8.12. The average Bonchev–Trinajstić information content (AvgIpc) is 3.43. The third kappa shape index (κ3) is 4.14. The number of aromatic nitrogens is 1. The maximum atomic E-state index is 13.6. The number of aromatic amines is 1. The van der Waals surface area contributed by atoms with E-state index in [-0.39, 0.29) is 11.0 Å². The molecule has 0 spiro atoms. The fourth-order valence-electron chi connectivity index (χ4n) is 3.97. The molecule has 168 valence electrons. The van der Waals surface area contributed by atoms with Gasteiger partial charge < -0.3 is 18.9 Å². The molecule has 5 aromatic rings. The van der Waals surface area contributed by atoms with Gasteiger partial charge >= 0.3 is 0 Å². The fourth-order valence-corrected chi connectivity index (χ4v) is 4.71. The molecule has 0 saturated carbocycles. The van der Waals surface area contributed by atoms with E-state index in [1.807, 2.05) is 62.5 Å². The van der Waals surface area contributed by atoms with E-state index < -0.39 is 0 Å². The largest absolute Gasteiger partial charge is 0.497 e. The number of H-pyrrole nitrogens is 1. The molecule has 0 saturated heterocycles. The number of rotatable bonds is 5. The molecule has 0 unspecified atom stereocenters. The average molecular weight is 460 g/mol. The molecule has 3 aromatic heterocycles. The van der Waals surface area contributed by atoms with E-state index in [9.17, 15) is 4.79 Å². The van der Waals surface area contributed by atoms with Gasteiger partial charge in [0.2, 0.25) is 5.43 Å². The number of methoxy groups -OCH3 is 1. The number of fused-ring (bicyclic) bond motifs is 2. The molecule has 0 amide bonds. The van der Waals surface area contributed by atoms with Crippen molar-refractivity contribution in [2.75, 3.05) is 7.11 Å². The summed E-state index contributed by atoms with van der Waals surface area (Å²) in [5, 5.41) is 3.08. The third-order valence-electron chi connectivity index (χ3n) is 5.39. The summed E-state index contributed by atoms with van der Waals surface area (Å²) in [6.07, 6.45) is 0.599. The number of ether oxygens (including phenoxy) is 2. The molecule has 0 radical (unpaired) electrons. The zero-order valence-electron chi connectivity index (χ0n) is 19.0. The van der Waals surface area contributed by atoms with Gasteiger partial charge in [0.05, 0.1) is 34.1 Å². The summed E-state index contributed by atoms with van der Waals surface area (Å²) >= 11 is 1.59. The zero-order valence-corrected chi connectivity index (χ0v) is 19.8. The lowest BCUT2D eigenvalue weighted by molar-refractivity contribution is 0.131. The Bertz CT molecular complexity index is 1490. The van der Waals surface area contributed by atoms with Crippen LogP contribution in [0.4, 0.5) is 0 Å². The van der Waals surface area contributed by atoms with Crippen LogP contribution in [0.2, 0.25) is 0 Å². The lowest BCUT2D eigenvalue weighted by Crippen LogP contribution is -2.22. The van der Waals surface area contributed by atoms with Gasteiger partial charge in [0.1, 0.15) is 22.7 Å². The maximum Gasteiger partial charge on any atom is 0.202 e. The van der Waals surface area contributed by atoms with Crippen molar-refractivity contribution < 1.29 is 13.9 Å². The highest BCUT2D eigenvalue weighted by atomic mass is 32.1. The normalized spacial score (nSPS) is 11.9. The Hall–Kier alpha value is -3.51. The van der Waals surface area contributed by atoms with Gasteiger partial charge in [0.25, 0.3) is 0 Å². The Balaban J connectivity index is 1.64. The van der Waals surface area contributed by atoms with Crippen LogP contribution in [0.15, 0.2) is 69.2 Å². The van der Waals surface area contributed by atoms with Gasteiger partial charge in [-0.2, -0.15) is 0 Å².